The monoisotopic (exact) mass is 367 g/mol. The number of nitrogens with zero attached hydrogens (tertiary/aromatic N) is 3. The maximum atomic E-state index is 13.8. The molecule has 1 spiro atoms. The molecule has 6 nitrogen and oxygen atoms in total. The highest BCUT2D eigenvalue weighted by Gasteiger charge is 2.48. The van der Waals surface area contributed by atoms with Crippen molar-refractivity contribution < 1.29 is 23.1 Å². The fourth-order valence-electron chi connectivity index (χ4n) is 3.66. The van der Waals surface area contributed by atoms with Gasteiger partial charge in [0.15, 0.2) is 11.5 Å². The number of piperidine rings is 1. The first-order valence-corrected chi connectivity index (χ1v) is 8.95. The normalized spacial score (nSPS) is 20.4. The summed E-state index contributed by atoms with van der Waals surface area (Å²) in [6.07, 6.45) is 3.39. The lowest BCUT2D eigenvalue weighted by Gasteiger charge is -2.37. The smallest absolute Gasteiger partial charge is 0.410 e. The van der Waals surface area contributed by atoms with E-state index in [9.17, 15) is 18.4 Å². The number of rotatable bonds is 4. The van der Waals surface area contributed by atoms with Gasteiger partial charge in [0.2, 0.25) is 0 Å². The molecule has 142 valence electrons. The Bertz CT molecular complexity index is 705. The average Bonchev–Trinajstić information content (AvgIpc) is 2.91. The first-order chi connectivity index (χ1) is 12.3. The minimum Gasteiger partial charge on any atom is -0.441 e. The molecule has 1 aromatic rings. The molecule has 2 aliphatic rings. The molecule has 0 aromatic carbocycles. The predicted molar refractivity (Wildman–Crippen MR) is 89.6 cm³/mol. The van der Waals surface area contributed by atoms with Gasteiger partial charge in [-0.2, -0.15) is 0 Å². The van der Waals surface area contributed by atoms with Crippen molar-refractivity contribution in [3.63, 3.8) is 0 Å². The molecule has 0 N–H and O–H groups in total. The lowest BCUT2D eigenvalue weighted by atomic mass is 9.90. The number of carbonyl (C=O) groups excluding carboxylic acids is 2. The molecule has 1 atom stereocenters. The summed E-state index contributed by atoms with van der Waals surface area (Å²) < 4.78 is 32.4. The van der Waals surface area contributed by atoms with E-state index in [1.54, 1.807) is 4.90 Å². The average molecular weight is 367 g/mol. The maximum absolute atomic E-state index is 13.8. The number of amides is 2. The third-order valence-corrected chi connectivity index (χ3v) is 5.21. The van der Waals surface area contributed by atoms with Crippen molar-refractivity contribution in [2.45, 2.75) is 51.2 Å². The zero-order chi connectivity index (χ0) is 18.9. The van der Waals surface area contributed by atoms with Crippen molar-refractivity contribution in [2.75, 3.05) is 19.6 Å². The van der Waals surface area contributed by atoms with Gasteiger partial charge in [-0.1, -0.05) is 13.3 Å². The fourth-order valence-corrected chi connectivity index (χ4v) is 3.66. The first-order valence-electron chi connectivity index (χ1n) is 8.95. The SMILES string of the molecule is CCCC(C)N1CC2(CCN(C(=O)c3ncc(F)cc3F)CC2)OC1=O. The molecular formula is C18H23F2N3O3. The maximum Gasteiger partial charge on any atom is 0.410 e. The molecule has 0 saturated carbocycles. The Morgan fingerprint density at radius 3 is 2.69 bits per heavy atom. The summed E-state index contributed by atoms with van der Waals surface area (Å²) in [5.74, 6) is -2.36. The van der Waals surface area contributed by atoms with Crippen LogP contribution in [-0.4, -0.2) is 58.1 Å². The van der Waals surface area contributed by atoms with Crippen LogP contribution in [0.4, 0.5) is 13.6 Å². The van der Waals surface area contributed by atoms with Crippen LogP contribution in [0.1, 0.15) is 50.0 Å². The summed E-state index contributed by atoms with van der Waals surface area (Å²) >= 11 is 0. The third kappa shape index (κ3) is 3.50. The predicted octanol–water partition coefficient (Wildman–Crippen LogP) is 2.98. The lowest BCUT2D eigenvalue weighted by Crippen LogP contribution is -2.49. The number of hydrogen-bond donors (Lipinski definition) is 0. The van der Waals surface area contributed by atoms with E-state index in [0.29, 0.717) is 38.5 Å². The number of aromatic nitrogens is 1. The van der Waals surface area contributed by atoms with E-state index in [-0.39, 0.29) is 17.8 Å². The van der Waals surface area contributed by atoms with Crippen LogP contribution in [0.15, 0.2) is 12.3 Å². The van der Waals surface area contributed by atoms with Gasteiger partial charge in [0.25, 0.3) is 5.91 Å². The quantitative estimate of drug-likeness (QED) is 0.821. The van der Waals surface area contributed by atoms with E-state index in [1.807, 2.05) is 6.92 Å². The molecule has 1 aromatic heterocycles. The number of likely N-dealkylation sites (tertiary alicyclic amines) is 1. The van der Waals surface area contributed by atoms with Crippen LogP contribution in [-0.2, 0) is 4.74 Å². The molecule has 0 bridgehead atoms. The van der Waals surface area contributed by atoms with Gasteiger partial charge in [0, 0.05) is 38.0 Å². The molecule has 3 heterocycles. The van der Waals surface area contributed by atoms with Crippen LogP contribution in [0.25, 0.3) is 0 Å². The summed E-state index contributed by atoms with van der Waals surface area (Å²) in [6.45, 7) is 5.26. The second-order valence-electron chi connectivity index (χ2n) is 7.09. The molecular weight excluding hydrogens is 344 g/mol. The highest BCUT2D eigenvalue weighted by molar-refractivity contribution is 5.92. The van der Waals surface area contributed by atoms with Crippen molar-refractivity contribution in [1.29, 1.82) is 0 Å². The molecule has 8 heteroatoms. The topological polar surface area (TPSA) is 62.7 Å². The van der Waals surface area contributed by atoms with Crippen molar-refractivity contribution in [1.82, 2.24) is 14.8 Å². The second-order valence-corrected chi connectivity index (χ2v) is 7.09. The third-order valence-electron chi connectivity index (χ3n) is 5.21. The van der Waals surface area contributed by atoms with E-state index >= 15 is 0 Å². The Morgan fingerprint density at radius 2 is 2.08 bits per heavy atom. The molecule has 2 aliphatic heterocycles. The molecule has 2 fully saturated rings. The Kier molecular flexibility index (Phi) is 5.11. The summed E-state index contributed by atoms with van der Waals surface area (Å²) in [7, 11) is 0. The van der Waals surface area contributed by atoms with Gasteiger partial charge in [-0.25, -0.2) is 18.6 Å². The van der Waals surface area contributed by atoms with Crippen LogP contribution in [0.2, 0.25) is 0 Å². The number of ether oxygens (including phenoxy) is 1. The summed E-state index contributed by atoms with van der Waals surface area (Å²) in [6, 6.07) is 0.765. The van der Waals surface area contributed by atoms with E-state index in [2.05, 4.69) is 11.9 Å². The minimum absolute atomic E-state index is 0.115. The van der Waals surface area contributed by atoms with E-state index in [0.717, 1.165) is 19.0 Å². The van der Waals surface area contributed by atoms with Crippen molar-refractivity contribution in [3.05, 3.63) is 29.6 Å². The van der Waals surface area contributed by atoms with Crippen molar-refractivity contribution in [3.8, 4) is 0 Å². The molecule has 26 heavy (non-hydrogen) atoms. The van der Waals surface area contributed by atoms with Crippen LogP contribution in [0.5, 0.6) is 0 Å². The van der Waals surface area contributed by atoms with Crippen LogP contribution in [0, 0.1) is 11.6 Å². The standard InChI is InChI=1S/C18H23F2N3O3/c1-3-4-12(2)23-11-18(26-17(23)25)5-7-22(8-6-18)16(24)15-14(20)9-13(19)10-21-15/h9-10,12H,3-8,11H2,1-2H3. The summed E-state index contributed by atoms with van der Waals surface area (Å²) in [5, 5.41) is 0. The lowest BCUT2D eigenvalue weighted by molar-refractivity contribution is 0.00277. The highest BCUT2D eigenvalue weighted by atomic mass is 19.1. The van der Waals surface area contributed by atoms with E-state index in [4.69, 9.17) is 4.74 Å². The molecule has 1 unspecified atom stereocenters. The fraction of sp³-hybridized carbons (Fsp3) is 0.611. The van der Waals surface area contributed by atoms with Gasteiger partial charge < -0.3 is 14.5 Å². The van der Waals surface area contributed by atoms with Gasteiger partial charge in [0.05, 0.1) is 12.7 Å². The second kappa shape index (κ2) is 7.17. The summed E-state index contributed by atoms with van der Waals surface area (Å²) in [5.41, 5.74) is -0.978. The van der Waals surface area contributed by atoms with Crippen molar-refractivity contribution in [2.24, 2.45) is 0 Å². The van der Waals surface area contributed by atoms with Gasteiger partial charge in [0.1, 0.15) is 11.4 Å². The van der Waals surface area contributed by atoms with Gasteiger partial charge in [-0.15, -0.1) is 0 Å². The largest absolute Gasteiger partial charge is 0.441 e. The Balaban J connectivity index is 1.64. The van der Waals surface area contributed by atoms with E-state index < -0.39 is 23.1 Å². The number of pyridine rings is 1. The molecule has 2 saturated heterocycles. The highest BCUT2D eigenvalue weighted by Crippen LogP contribution is 2.35. The molecule has 3 rings (SSSR count). The van der Waals surface area contributed by atoms with Gasteiger partial charge in [-0.05, 0) is 13.3 Å². The molecule has 2 amide bonds. The molecule has 0 radical (unpaired) electrons. The number of carbonyl (C=O) groups is 2. The zero-order valence-corrected chi connectivity index (χ0v) is 15.0. The van der Waals surface area contributed by atoms with Gasteiger partial charge in [-0.3, -0.25) is 4.79 Å². The van der Waals surface area contributed by atoms with Crippen molar-refractivity contribution >= 4 is 12.0 Å². The van der Waals surface area contributed by atoms with Crippen LogP contribution < -0.4 is 0 Å². The molecule has 0 aliphatic carbocycles. The first kappa shape index (κ1) is 18.5. The Hall–Kier alpha value is -2.25. The summed E-state index contributed by atoms with van der Waals surface area (Å²) in [4.78, 5) is 31.4. The Labute approximate surface area is 151 Å². The van der Waals surface area contributed by atoms with Crippen LogP contribution >= 0.6 is 0 Å². The minimum atomic E-state index is -0.970. The van der Waals surface area contributed by atoms with Crippen LogP contribution in [0.3, 0.4) is 0 Å². The zero-order valence-electron chi connectivity index (χ0n) is 15.0. The Morgan fingerprint density at radius 1 is 1.38 bits per heavy atom. The van der Waals surface area contributed by atoms with E-state index in [1.165, 1.54) is 4.90 Å². The van der Waals surface area contributed by atoms with Gasteiger partial charge >= 0.3 is 6.09 Å². The number of hydrogen-bond acceptors (Lipinski definition) is 4. The number of halogens is 2.